The quantitative estimate of drug-likeness (QED) is 0.315. The fraction of sp³-hybridized carbons (Fsp3) is 0.500. The molecule has 0 amide bonds. The zero-order chi connectivity index (χ0) is 15.8. The molecule has 0 bridgehead atoms. The molecule has 0 heterocycles. The molecule has 0 radical (unpaired) electrons. The van der Waals surface area contributed by atoms with E-state index in [2.05, 4.69) is 6.92 Å². The standard InChI is InChI=1S/C14H17F2NO4/c1-2-3-4-5-6-9-21-14(18)12-10(15)7-8-11(13(12)16)17(19)20/h7-8H,2-6,9H2,1H3. The average molecular weight is 301 g/mol. The summed E-state index contributed by atoms with van der Waals surface area (Å²) >= 11 is 0. The van der Waals surface area contributed by atoms with Crippen molar-refractivity contribution in [3.8, 4) is 0 Å². The van der Waals surface area contributed by atoms with Crippen LogP contribution < -0.4 is 0 Å². The van der Waals surface area contributed by atoms with E-state index in [9.17, 15) is 23.7 Å². The topological polar surface area (TPSA) is 69.4 Å². The molecule has 0 saturated carbocycles. The maximum atomic E-state index is 13.7. The summed E-state index contributed by atoms with van der Waals surface area (Å²) in [5.41, 5.74) is -1.97. The Hall–Kier alpha value is -2.05. The zero-order valence-corrected chi connectivity index (χ0v) is 11.7. The van der Waals surface area contributed by atoms with Crippen LogP contribution in [0.3, 0.4) is 0 Å². The van der Waals surface area contributed by atoms with Crippen LogP contribution in [0.4, 0.5) is 14.5 Å². The number of nitro groups is 1. The molecule has 1 aromatic carbocycles. The lowest BCUT2D eigenvalue weighted by molar-refractivity contribution is -0.387. The van der Waals surface area contributed by atoms with Gasteiger partial charge in [-0.1, -0.05) is 32.6 Å². The van der Waals surface area contributed by atoms with Crippen LogP contribution in [-0.2, 0) is 4.74 Å². The summed E-state index contributed by atoms with van der Waals surface area (Å²) in [7, 11) is 0. The van der Waals surface area contributed by atoms with Crippen molar-refractivity contribution in [3.63, 3.8) is 0 Å². The van der Waals surface area contributed by atoms with E-state index in [1.54, 1.807) is 0 Å². The van der Waals surface area contributed by atoms with Crippen LogP contribution in [-0.4, -0.2) is 17.5 Å². The average Bonchev–Trinajstić information content (AvgIpc) is 2.42. The van der Waals surface area contributed by atoms with E-state index in [1.165, 1.54) is 0 Å². The number of hydrogen-bond acceptors (Lipinski definition) is 4. The van der Waals surface area contributed by atoms with Crippen molar-refractivity contribution in [2.24, 2.45) is 0 Å². The Morgan fingerprint density at radius 1 is 1.24 bits per heavy atom. The molecule has 0 aliphatic rings. The van der Waals surface area contributed by atoms with E-state index in [-0.39, 0.29) is 6.61 Å². The number of carbonyl (C=O) groups excluding carboxylic acids is 1. The monoisotopic (exact) mass is 301 g/mol. The third-order valence-electron chi connectivity index (χ3n) is 2.95. The number of rotatable bonds is 8. The molecule has 0 aliphatic carbocycles. The van der Waals surface area contributed by atoms with Crippen LogP contribution in [0, 0.1) is 21.7 Å². The number of esters is 1. The lowest BCUT2D eigenvalue weighted by Crippen LogP contribution is -2.12. The van der Waals surface area contributed by atoms with E-state index in [1.807, 2.05) is 0 Å². The largest absolute Gasteiger partial charge is 0.462 e. The third-order valence-corrected chi connectivity index (χ3v) is 2.95. The molecular weight excluding hydrogens is 284 g/mol. The molecular formula is C14H17F2NO4. The molecule has 0 spiro atoms. The van der Waals surface area contributed by atoms with Gasteiger partial charge in [0.2, 0.25) is 5.82 Å². The first-order valence-electron chi connectivity index (χ1n) is 6.78. The molecule has 116 valence electrons. The van der Waals surface area contributed by atoms with E-state index in [0.29, 0.717) is 18.6 Å². The maximum absolute atomic E-state index is 13.7. The molecule has 0 atom stereocenters. The summed E-state index contributed by atoms with van der Waals surface area (Å²) in [5.74, 6) is -3.89. The van der Waals surface area contributed by atoms with E-state index in [0.717, 1.165) is 25.7 Å². The van der Waals surface area contributed by atoms with Gasteiger partial charge in [-0.05, 0) is 12.5 Å². The lowest BCUT2D eigenvalue weighted by atomic mass is 10.1. The normalized spacial score (nSPS) is 10.4. The maximum Gasteiger partial charge on any atom is 0.344 e. The van der Waals surface area contributed by atoms with Crippen molar-refractivity contribution in [3.05, 3.63) is 39.4 Å². The first-order valence-corrected chi connectivity index (χ1v) is 6.78. The number of carbonyl (C=O) groups is 1. The summed E-state index contributed by atoms with van der Waals surface area (Å²) in [6.45, 7) is 2.10. The van der Waals surface area contributed by atoms with Crippen molar-refractivity contribution in [2.75, 3.05) is 6.61 Å². The summed E-state index contributed by atoms with van der Waals surface area (Å²) < 4.78 is 31.9. The second-order valence-electron chi connectivity index (χ2n) is 4.56. The predicted octanol–water partition coefficient (Wildman–Crippen LogP) is 4.00. The molecule has 0 aromatic heterocycles. The van der Waals surface area contributed by atoms with Gasteiger partial charge < -0.3 is 4.74 Å². The Bertz CT molecular complexity index is 520. The zero-order valence-electron chi connectivity index (χ0n) is 11.7. The summed E-state index contributed by atoms with van der Waals surface area (Å²) in [4.78, 5) is 21.2. The molecule has 0 N–H and O–H groups in total. The third kappa shape index (κ3) is 4.77. The highest BCUT2D eigenvalue weighted by Gasteiger charge is 2.27. The minimum absolute atomic E-state index is 0.0319. The number of halogens is 2. The number of hydrogen-bond donors (Lipinski definition) is 0. The minimum atomic E-state index is -1.50. The van der Waals surface area contributed by atoms with Crippen LogP contribution in [0.2, 0.25) is 0 Å². The first-order chi connectivity index (χ1) is 9.99. The van der Waals surface area contributed by atoms with Gasteiger partial charge in [0.25, 0.3) is 0 Å². The highest BCUT2D eigenvalue weighted by atomic mass is 19.1. The van der Waals surface area contributed by atoms with Crippen molar-refractivity contribution in [2.45, 2.75) is 39.0 Å². The molecule has 0 aliphatic heterocycles. The Balaban J connectivity index is 2.66. The molecule has 5 nitrogen and oxygen atoms in total. The van der Waals surface area contributed by atoms with Crippen molar-refractivity contribution < 1.29 is 23.2 Å². The summed E-state index contributed by atoms with van der Waals surface area (Å²) in [5, 5.41) is 10.6. The Morgan fingerprint density at radius 2 is 1.90 bits per heavy atom. The molecule has 21 heavy (non-hydrogen) atoms. The van der Waals surface area contributed by atoms with Crippen LogP contribution in [0.5, 0.6) is 0 Å². The van der Waals surface area contributed by atoms with Gasteiger partial charge in [0.15, 0.2) is 0 Å². The molecule has 1 rings (SSSR count). The van der Waals surface area contributed by atoms with Crippen molar-refractivity contribution in [1.82, 2.24) is 0 Å². The lowest BCUT2D eigenvalue weighted by Gasteiger charge is -2.06. The summed E-state index contributed by atoms with van der Waals surface area (Å²) in [6.07, 6.45) is 4.57. The summed E-state index contributed by atoms with van der Waals surface area (Å²) in [6, 6.07) is 1.35. The van der Waals surface area contributed by atoms with Gasteiger partial charge in [0, 0.05) is 6.07 Å². The number of benzene rings is 1. The fourth-order valence-corrected chi connectivity index (χ4v) is 1.81. The van der Waals surface area contributed by atoms with E-state index in [4.69, 9.17) is 4.74 Å². The second-order valence-corrected chi connectivity index (χ2v) is 4.56. The van der Waals surface area contributed by atoms with Gasteiger partial charge in [-0.15, -0.1) is 0 Å². The Morgan fingerprint density at radius 3 is 2.52 bits per heavy atom. The number of nitrogens with zero attached hydrogens (tertiary/aromatic N) is 1. The van der Waals surface area contributed by atoms with Gasteiger partial charge in [0.1, 0.15) is 11.4 Å². The van der Waals surface area contributed by atoms with Crippen LogP contribution in [0.25, 0.3) is 0 Å². The number of unbranched alkanes of at least 4 members (excludes halogenated alkanes) is 4. The SMILES string of the molecule is CCCCCCCOC(=O)c1c(F)ccc([N+](=O)[O-])c1F. The van der Waals surface area contributed by atoms with E-state index < -0.39 is 33.8 Å². The predicted molar refractivity (Wildman–Crippen MR) is 72.1 cm³/mol. The highest BCUT2D eigenvalue weighted by molar-refractivity contribution is 5.90. The number of nitro benzene ring substituents is 1. The molecule has 7 heteroatoms. The Labute approximate surface area is 121 Å². The van der Waals surface area contributed by atoms with Gasteiger partial charge in [-0.3, -0.25) is 10.1 Å². The van der Waals surface area contributed by atoms with Crippen molar-refractivity contribution in [1.29, 1.82) is 0 Å². The smallest absolute Gasteiger partial charge is 0.344 e. The van der Waals surface area contributed by atoms with Crippen LogP contribution in [0.15, 0.2) is 12.1 Å². The van der Waals surface area contributed by atoms with Gasteiger partial charge in [-0.25, -0.2) is 9.18 Å². The van der Waals surface area contributed by atoms with Crippen molar-refractivity contribution >= 4 is 11.7 Å². The van der Waals surface area contributed by atoms with Gasteiger partial charge >= 0.3 is 11.7 Å². The number of ether oxygens (including phenoxy) is 1. The van der Waals surface area contributed by atoms with Gasteiger partial charge in [0.05, 0.1) is 11.5 Å². The molecule has 0 saturated heterocycles. The van der Waals surface area contributed by atoms with E-state index >= 15 is 0 Å². The second kappa shape index (κ2) is 8.28. The van der Waals surface area contributed by atoms with Gasteiger partial charge in [-0.2, -0.15) is 4.39 Å². The highest BCUT2D eigenvalue weighted by Crippen LogP contribution is 2.23. The molecule has 0 fully saturated rings. The van der Waals surface area contributed by atoms with Crippen LogP contribution >= 0.6 is 0 Å². The fourth-order valence-electron chi connectivity index (χ4n) is 1.81. The minimum Gasteiger partial charge on any atom is -0.462 e. The Kier molecular flexibility index (Phi) is 6.71. The van der Waals surface area contributed by atoms with Crippen LogP contribution in [0.1, 0.15) is 49.4 Å². The molecule has 1 aromatic rings. The first kappa shape index (κ1) is 17.0. The molecule has 0 unspecified atom stereocenters.